The van der Waals surface area contributed by atoms with Gasteiger partial charge in [-0.1, -0.05) is 12.1 Å². The summed E-state index contributed by atoms with van der Waals surface area (Å²) in [5.74, 6) is 2.21. The first-order valence-corrected chi connectivity index (χ1v) is 11.1. The molecule has 0 radical (unpaired) electrons. The lowest BCUT2D eigenvalue weighted by Gasteiger charge is -2.57. The van der Waals surface area contributed by atoms with Crippen molar-refractivity contribution in [1.82, 2.24) is 0 Å². The molecule has 7 heteroatoms. The smallest absolute Gasteiger partial charge is 0.223 e. The average molecular weight is 425 g/mol. The van der Waals surface area contributed by atoms with E-state index in [1.165, 1.54) is 0 Å². The predicted molar refractivity (Wildman–Crippen MR) is 117 cm³/mol. The van der Waals surface area contributed by atoms with E-state index >= 15 is 0 Å². The second-order valence-corrected chi connectivity index (χ2v) is 9.82. The molecule has 1 aromatic rings. The molecule has 166 valence electrons. The van der Waals surface area contributed by atoms with Gasteiger partial charge in [0, 0.05) is 5.41 Å². The van der Waals surface area contributed by atoms with Crippen LogP contribution in [0.25, 0.3) is 0 Å². The van der Waals surface area contributed by atoms with E-state index in [0.29, 0.717) is 30.2 Å². The van der Waals surface area contributed by atoms with Crippen LogP contribution in [-0.2, 0) is 16.1 Å². The van der Waals surface area contributed by atoms with Gasteiger partial charge in [-0.2, -0.15) is 5.26 Å². The number of hydrogen-bond donors (Lipinski definition) is 2. The number of amidine groups is 1. The van der Waals surface area contributed by atoms with Gasteiger partial charge in [0.1, 0.15) is 17.2 Å². The SMILES string of the molecule is COc1ccc(COC(C)(CC#N)C(N)=NC2C3CC4CC2CC(C(N)=O)(C4)C3)cc1. The van der Waals surface area contributed by atoms with Crippen molar-refractivity contribution in [2.45, 2.75) is 63.7 Å². The van der Waals surface area contributed by atoms with Crippen molar-refractivity contribution in [3.63, 3.8) is 0 Å². The Kier molecular flexibility index (Phi) is 5.69. The molecule has 7 nitrogen and oxygen atoms in total. The zero-order valence-corrected chi connectivity index (χ0v) is 18.3. The van der Waals surface area contributed by atoms with Gasteiger partial charge >= 0.3 is 0 Å². The van der Waals surface area contributed by atoms with E-state index in [9.17, 15) is 10.1 Å². The van der Waals surface area contributed by atoms with E-state index < -0.39 is 5.60 Å². The van der Waals surface area contributed by atoms with Crippen LogP contribution in [0.3, 0.4) is 0 Å². The molecule has 4 fully saturated rings. The Bertz CT molecular complexity index is 890. The predicted octanol–water partition coefficient (Wildman–Crippen LogP) is 2.92. The molecule has 4 aliphatic carbocycles. The summed E-state index contributed by atoms with van der Waals surface area (Å²) in [6.07, 6.45) is 4.81. The molecule has 4 N–H and O–H groups in total. The first-order valence-electron chi connectivity index (χ1n) is 11.1. The minimum atomic E-state index is -0.968. The summed E-state index contributed by atoms with van der Waals surface area (Å²) in [6, 6.07) is 9.89. The number of nitrogens with zero attached hydrogens (tertiary/aromatic N) is 2. The average Bonchev–Trinajstić information content (AvgIpc) is 2.74. The minimum Gasteiger partial charge on any atom is -0.497 e. The minimum absolute atomic E-state index is 0.0756. The highest BCUT2D eigenvalue weighted by atomic mass is 16.5. The summed E-state index contributed by atoms with van der Waals surface area (Å²) in [5, 5.41) is 9.41. The van der Waals surface area contributed by atoms with Gasteiger partial charge in [0.15, 0.2) is 0 Å². The summed E-state index contributed by atoms with van der Waals surface area (Å²) in [4.78, 5) is 17.1. The number of amides is 1. The third-order valence-corrected chi connectivity index (χ3v) is 7.71. The molecule has 0 heterocycles. The van der Waals surface area contributed by atoms with Crippen molar-refractivity contribution < 1.29 is 14.3 Å². The topological polar surface area (TPSA) is 124 Å². The molecular weight excluding hydrogens is 392 g/mol. The molecule has 1 amide bonds. The van der Waals surface area contributed by atoms with Gasteiger partial charge < -0.3 is 20.9 Å². The summed E-state index contributed by atoms with van der Waals surface area (Å²) in [7, 11) is 1.63. The van der Waals surface area contributed by atoms with Gasteiger partial charge in [0.2, 0.25) is 5.91 Å². The molecule has 4 saturated carbocycles. The fourth-order valence-electron chi connectivity index (χ4n) is 6.14. The normalized spacial score (nSPS) is 33.5. The number of rotatable bonds is 8. The number of benzene rings is 1. The lowest BCUT2D eigenvalue weighted by atomic mass is 9.48. The van der Waals surface area contributed by atoms with Crippen LogP contribution in [-0.4, -0.2) is 30.5 Å². The van der Waals surface area contributed by atoms with Crippen LogP contribution in [0, 0.1) is 34.5 Å². The highest BCUT2D eigenvalue weighted by Crippen LogP contribution is 2.60. The standard InChI is InChI=1S/C24H32N4O3/c1-23(7-8-25,31-14-15-3-5-19(30-2)6-4-15)21(26)28-20-17-9-16-10-18(20)13-24(11-16,12-17)22(27)29/h3-6,16-18,20H,7,9-14H2,1-2H3,(H2,26,28)(H2,27,29). The third kappa shape index (κ3) is 4.01. The Morgan fingerprint density at radius 2 is 1.87 bits per heavy atom. The van der Waals surface area contributed by atoms with E-state index in [0.717, 1.165) is 43.4 Å². The molecule has 0 aliphatic heterocycles. The number of carbonyl (C=O) groups is 1. The van der Waals surface area contributed by atoms with E-state index in [1.54, 1.807) is 7.11 Å². The molecule has 0 spiro atoms. The molecule has 0 saturated heterocycles. The van der Waals surface area contributed by atoms with Gasteiger partial charge in [-0.15, -0.1) is 0 Å². The van der Waals surface area contributed by atoms with Crippen LogP contribution >= 0.6 is 0 Å². The number of nitriles is 1. The molecule has 4 aliphatic rings. The Labute approximate surface area is 183 Å². The lowest BCUT2D eigenvalue weighted by Crippen LogP contribution is -2.58. The summed E-state index contributed by atoms with van der Waals surface area (Å²) < 4.78 is 11.3. The zero-order chi connectivity index (χ0) is 22.2. The van der Waals surface area contributed by atoms with Crippen LogP contribution in [0.5, 0.6) is 5.75 Å². The Hall–Kier alpha value is -2.59. The number of carbonyl (C=O) groups excluding carboxylic acids is 1. The molecule has 4 bridgehead atoms. The maximum atomic E-state index is 12.2. The van der Waals surface area contributed by atoms with Gasteiger partial charge in [-0.05, 0) is 74.5 Å². The Morgan fingerprint density at radius 3 is 2.42 bits per heavy atom. The molecule has 31 heavy (non-hydrogen) atoms. The second kappa shape index (κ2) is 8.16. The van der Waals surface area contributed by atoms with Crippen molar-refractivity contribution >= 4 is 11.7 Å². The van der Waals surface area contributed by atoms with Crippen LogP contribution in [0.4, 0.5) is 0 Å². The number of primary amides is 1. The maximum Gasteiger partial charge on any atom is 0.223 e. The van der Waals surface area contributed by atoms with Crippen molar-refractivity contribution in [2.24, 2.45) is 39.6 Å². The Morgan fingerprint density at radius 1 is 1.23 bits per heavy atom. The summed E-state index contributed by atoms with van der Waals surface area (Å²) >= 11 is 0. The molecule has 5 rings (SSSR count). The Balaban J connectivity index is 1.50. The molecule has 1 aromatic carbocycles. The van der Waals surface area contributed by atoms with Gasteiger partial charge in [-0.25, -0.2) is 0 Å². The van der Waals surface area contributed by atoms with Crippen molar-refractivity contribution in [3.05, 3.63) is 29.8 Å². The highest BCUT2D eigenvalue weighted by Gasteiger charge is 2.58. The van der Waals surface area contributed by atoms with Crippen LogP contribution in [0.15, 0.2) is 29.3 Å². The van der Waals surface area contributed by atoms with Gasteiger partial charge in [-0.3, -0.25) is 9.79 Å². The van der Waals surface area contributed by atoms with Crippen molar-refractivity contribution in [2.75, 3.05) is 7.11 Å². The van der Waals surface area contributed by atoms with E-state index in [1.807, 2.05) is 31.2 Å². The van der Waals surface area contributed by atoms with Crippen LogP contribution < -0.4 is 16.2 Å². The second-order valence-electron chi connectivity index (χ2n) is 9.82. The number of nitrogens with two attached hydrogens (primary N) is 2. The third-order valence-electron chi connectivity index (χ3n) is 7.71. The lowest BCUT2D eigenvalue weighted by molar-refractivity contribution is -0.144. The quantitative estimate of drug-likeness (QED) is 0.490. The first kappa shape index (κ1) is 21.6. The fraction of sp³-hybridized carbons (Fsp3) is 0.625. The van der Waals surface area contributed by atoms with Gasteiger partial charge in [0.25, 0.3) is 0 Å². The van der Waals surface area contributed by atoms with Crippen LogP contribution in [0.1, 0.15) is 51.0 Å². The molecule has 0 aromatic heterocycles. The zero-order valence-electron chi connectivity index (χ0n) is 18.3. The van der Waals surface area contributed by atoms with Gasteiger partial charge in [0.05, 0.1) is 32.2 Å². The van der Waals surface area contributed by atoms with Crippen molar-refractivity contribution in [3.8, 4) is 11.8 Å². The number of methoxy groups -OCH3 is 1. The van der Waals surface area contributed by atoms with E-state index in [4.69, 9.17) is 25.9 Å². The monoisotopic (exact) mass is 424 g/mol. The van der Waals surface area contributed by atoms with E-state index in [-0.39, 0.29) is 23.8 Å². The summed E-state index contributed by atoms with van der Waals surface area (Å²) in [6.45, 7) is 2.16. The van der Waals surface area contributed by atoms with E-state index in [2.05, 4.69) is 6.07 Å². The molecule has 3 atom stereocenters. The van der Waals surface area contributed by atoms with Crippen LogP contribution in [0.2, 0.25) is 0 Å². The maximum absolute atomic E-state index is 12.2. The number of hydrogen-bond acceptors (Lipinski definition) is 5. The number of ether oxygens (including phenoxy) is 2. The summed E-state index contributed by atoms with van der Waals surface area (Å²) in [5.41, 5.74) is 11.9. The largest absolute Gasteiger partial charge is 0.497 e. The molecular formula is C24H32N4O3. The fourth-order valence-corrected chi connectivity index (χ4v) is 6.14. The highest BCUT2D eigenvalue weighted by molar-refractivity contribution is 5.89. The molecule has 3 unspecified atom stereocenters. The van der Waals surface area contributed by atoms with Crippen molar-refractivity contribution in [1.29, 1.82) is 5.26 Å². The first-order chi connectivity index (χ1) is 14.8. The number of aliphatic imine (C=N–C) groups is 1.